The minimum absolute atomic E-state index is 0.0466. The van der Waals surface area contributed by atoms with Crippen LogP contribution < -0.4 is 16.0 Å². The van der Waals surface area contributed by atoms with Crippen molar-refractivity contribution in [1.29, 1.82) is 0 Å². The number of rotatable bonds is 6. The Morgan fingerprint density at radius 1 is 0.683 bits per heavy atom. The van der Waals surface area contributed by atoms with Crippen molar-refractivity contribution in [2.24, 2.45) is 10.2 Å². The number of halogens is 6. The van der Waals surface area contributed by atoms with Crippen LogP contribution in [0.4, 0.5) is 60.6 Å². The Bertz CT molecular complexity index is 1550. The third-order valence-electron chi connectivity index (χ3n) is 5.72. The second kappa shape index (κ2) is 11.9. The third kappa shape index (κ3) is 8.01. The predicted molar refractivity (Wildman–Crippen MR) is 150 cm³/mol. The molecule has 0 bridgehead atoms. The number of thiocarbonyl (C=S) groups is 1. The van der Waals surface area contributed by atoms with Crippen molar-refractivity contribution in [2.45, 2.75) is 26.2 Å². The van der Waals surface area contributed by atoms with Crippen molar-refractivity contribution in [2.75, 3.05) is 16.0 Å². The molecule has 1 heterocycles. The van der Waals surface area contributed by atoms with Crippen LogP contribution >= 0.6 is 12.2 Å². The Morgan fingerprint density at radius 2 is 1.22 bits per heavy atom. The van der Waals surface area contributed by atoms with Gasteiger partial charge in [-0.2, -0.15) is 36.6 Å². The van der Waals surface area contributed by atoms with E-state index >= 15 is 0 Å². The van der Waals surface area contributed by atoms with E-state index in [1.54, 1.807) is 24.4 Å². The number of nitrogens with zero attached hydrogens (tertiary/aromatic N) is 3. The van der Waals surface area contributed by atoms with Gasteiger partial charge < -0.3 is 16.0 Å². The topological polar surface area (TPSA) is 73.7 Å². The minimum Gasteiger partial charge on any atom is -0.340 e. The molecular weight excluding hydrogens is 566 g/mol. The molecule has 3 aromatic carbocycles. The number of hydrogen-bond donors (Lipinski definition) is 3. The molecule has 0 fully saturated rings. The van der Waals surface area contributed by atoms with E-state index in [4.69, 9.17) is 12.2 Å². The molecular formula is C28H22F6N6S. The Hall–Kier alpha value is -4.52. The zero-order chi connectivity index (χ0) is 29.8. The summed E-state index contributed by atoms with van der Waals surface area (Å²) in [5.74, 6) is 0.665. The van der Waals surface area contributed by atoms with Gasteiger partial charge in [-0.05, 0) is 91.8 Å². The molecule has 6 nitrogen and oxygen atoms in total. The zero-order valence-electron chi connectivity index (χ0n) is 21.5. The van der Waals surface area contributed by atoms with Crippen LogP contribution in [0.25, 0.3) is 0 Å². The summed E-state index contributed by atoms with van der Waals surface area (Å²) < 4.78 is 79.0. The number of hydrogen-bond acceptors (Lipinski definition) is 5. The number of nitrogens with one attached hydrogen (secondary N) is 3. The molecule has 13 heteroatoms. The van der Waals surface area contributed by atoms with Crippen LogP contribution in [-0.2, 0) is 12.4 Å². The van der Waals surface area contributed by atoms with Crippen LogP contribution in [0, 0.1) is 13.8 Å². The van der Waals surface area contributed by atoms with E-state index in [9.17, 15) is 26.3 Å². The van der Waals surface area contributed by atoms with E-state index in [2.05, 4.69) is 31.2 Å². The van der Waals surface area contributed by atoms with Crippen LogP contribution in [0.2, 0.25) is 0 Å². The fourth-order valence-electron chi connectivity index (χ4n) is 3.60. The summed E-state index contributed by atoms with van der Waals surface area (Å²) in [7, 11) is 0. The first-order valence-corrected chi connectivity index (χ1v) is 12.4. The molecule has 1 aromatic heterocycles. The number of anilines is 4. The van der Waals surface area contributed by atoms with Crippen LogP contribution in [0.3, 0.4) is 0 Å². The Labute approximate surface area is 236 Å². The Balaban J connectivity index is 1.51. The molecule has 3 N–H and O–H groups in total. The van der Waals surface area contributed by atoms with Crippen molar-refractivity contribution < 1.29 is 26.3 Å². The molecule has 0 amide bonds. The minimum atomic E-state index is -4.98. The number of aryl methyl sites for hydroxylation is 2. The molecule has 4 aromatic rings. The van der Waals surface area contributed by atoms with Gasteiger partial charge in [0.15, 0.2) is 5.11 Å². The maximum Gasteiger partial charge on any atom is 0.416 e. The Morgan fingerprint density at radius 3 is 1.76 bits per heavy atom. The maximum atomic E-state index is 13.2. The summed E-state index contributed by atoms with van der Waals surface area (Å²) in [6.45, 7) is 3.69. The highest BCUT2D eigenvalue weighted by Gasteiger charge is 2.37. The van der Waals surface area contributed by atoms with E-state index < -0.39 is 29.2 Å². The Kier molecular flexibility index (Phi) is 8.57. The van der Waals surface area contributed by atoms with Crippen LogP contribution in [0.1, 0.15) is 22.3 Å². The molecule has 0 saturated carbocycles. The summed E-state index contributed by atoms with van der Waals surface area (Å²) >= 11 is 5.14. The fourth-order valence-corrected chi connectivity index (χ4v) is 3.84. The predicted octanol–water partition coefficient (Wildman–Crippen LogP) is 9.70. The second-order valence-corrected chi connectivity index (χ2v) is 9.32. The second-order valence-electron chi connectivity index (χ2n) is 8.92. The van der Waals surface area contributed by atoms with E-state index in [-0.39, 0.29) is 11.2 Å². The van der Waals surface area contributed by atoms with Gasteiger partial charge in [-0.15, -0.1) is 0 Å². The highest BCUT2D eigenvalue weighted by molar-refractivity contribution is 7.80. The van der Waals surface area contributed by atoms with Crippen molar-refractivity contribution >= 4 is 51.6 Å². The standard InChI is InChI=1S/C28H22F6N6S/c1-16-6-8-20(36-25-5-3-4-10-35-25)14-23(16)39-40-24-15-21(9-7-17(24)2)37-26(41)38-22-12-18(27(29,30)31)11-19(13-22)28(32,33)34/h3-15H,1-2H3,(H,35,36)(H2,37,38,41). The number of aromatic nitrogens is 1. The number of pyridine rings is 1. The van der Waals surface area contributed by atoms with Crippen LogP contribution in [0.15, 0.2) is 89.2 Å². The first kappa shape index (κ1) is 29.5. The quantitative estimate of drug-likeness (QED) is 0.119. The summed E-state index contributed by atoms with van der Waals surface area (Å²) in [6.07, 6.45) is -8.28. The van der Waals surface area contributed by atoms with Crippen molar-refractivity contribution in [1.82, 2.24) is 4.98 Å². The molecule has 4 rings (SSSR count). The molecule has 0 radical (unpaired) electrons. The first-order chi connectivity index (χ1) is 19.3. The summed E-state index contributed by atoms with van der Waals surface area (Å²) in [4.78, 5) is 4.23. The first-order valence-electron chi connectivity index (χ1n) is 12.0. The molecule has 0 aliphatic rings. The maximum absolute atomic E-state index is 13.2. The van der Waals surface area contributed by atoms with E-state index in [0.29, 0.717) is 35.0 Å². The van der Waals surface area contributed by atoms with Gasteiger partial charge in [-0.3, -0.25) is 0 Å². The number of benzene rings is 3. The van der Waals surface area contributed by atoms with Gasteiger partial charge in [0, 0.05) is 23.3 Å². The molecule has 0 unspecified atom stereocenters. The lowest BCUT2D eigenvalue weighted by atomic mass is 10.1. The summed E-state index contributed by atoms with van der Waals surface area (Å²) in [5.41, 5.74) is 0.497. The van der Waals surface area contributed by atoms with Crippen molar-refractivity contribution in [3.05, 3.63) is 101 Å². The van der Waals surface area contributed by atoms with E-state index in [1.807, 2.05) is 50.2 Å². The monoisotopic (exact) mass is 588 g/mol. The molecule has 0 atom stereocenters. The molecule has 0 aliphatic heterocycles. The van der Waals surface area contributed by atoms with Gasteiger partial charge in [0.1, 0.15) is 5.82 Å². The fraction of sp³-hybridized carbons (Fsp3) is 0.143. The lowest BCUT2D eigenvalue weighted by Gasteiger charge is -2.16. The molecule has 41 heavy (non-hydrogen) atoms. The van der Waals surface area contributed by atoms with Gasteiger partial charge in [-0.25, -0.2) is 4.98 Å². The molecule has 0 aliphatic carbocycles. The normalized spacial score (nSPS) is 11.9. The van der Waals surface area contributed by atoms with Crippen LogP contribution in [0.5, 0.6) is 0 Å². The SMILES string of the molecule is Cc1ccc(NC(=S)Nc2cc(C(F)(F)F)cc(C(F)(F)F)c2)cc1N=Nc1cc(Nc2ccccn2)ccc1C. The highest BCUT2D eigenvalue weighted by Crippen LogP contribution is 2.37. The number of alkyl halides is 6. The highest BCUT2D eigenvalue weighted by atomic mass is 32.1. The van der Waals surface area contributed by atoms with Gasteiger partial charge in [0.25, 0.3) is 0 Å². The van der Waals surface area contributed by atoms with Gasteiger partial charge in [0.2, 0.25) is 0 Å². The largest absolute Gasteiger partial charge is 0.416 e. The smallest absolute Gasteiger partial charge is 0.340 e. The molecule has 0 saturated heterocycles. The lowest BCUT2D eigenvalue weighted by molar-refractivity contribution is -0.143. The molecule has 212 valence electrons. The van der Waals surface area contributed by atoms with Crippen molar-refractivity contribution in [3.8, 4) is 0 Å². The lowest BCUT2D eigenvalue weighted by Crippen LogP contribution is -2.20. The number of azo groups is 1. The average molecular weight is 589 g/mol. The van der Waals surface area contributed by atoms with Crippen LogP contribution in [-0.4, -0.2) is 10.1 Å². The van der Waals surface area contributed by atoms with E-state index in [1.165, 1.54) is 0 Å². The van der Waals surface area contributed by atoms with E-state index in [0.717, 1.165) is 16.8 Å². The molecule has 0 spiro atoms. The zero-order valence-corrected chi connectivity index (χ0v) is 22.3. The van der Waals surface area contributed by atoms with Gasteiger partial charge in [0.05, 0.1) is 22.5 Å². The third-order valence-corrected chi connectivity index (χ3v) is 5.93. The van der Waals surface area contributed by atoms with Gasteiger partial charge >= 0.3 is 12.4 Å². The summed E-state index contributed by atoms with van der Waals surface area (Å²) in [5, 5.41) is 16.8. The average Bonchev–Trinajstić information content (AvgIpc) is 2.90. The van der Waals surface area contributed by atoms with Gasteiger partial charge in [-0.1, -0.05) is 18.2 Å². The van der Waals surface area contributed by atoms with Crippen molar-refractivity contribution in [3.63, 3.8) is 0 Å². The summed E-state index contributed by atoms with van der Waals surface area (Å²) in [6, 6.07) is 17.2.